The summed E-state index contributed by atoms with van der Waals surface area (Å²) >= 11 is -0.826. The van der Waals surface area contributed by atoms with E-state index in [1.165, 1.54) is 69.8 Å². The van der Waals surface area contributed by atoms with E-state index in [9.17, 15) is 0 Å². The van der Waals surface area contributed by atoms with Gasteiger partial charge in [-0.25, -0.2) is 0 Å². The van der Waals surface area contributed by atoms with E-state index < -0.39 is 20.8 Å². The fraction of sp³-hybridized carbons (Fsp3) is 0.515. The topological polar surface area (TPSA) is 0 Å². The van der Waals surface area contributed by atoms with Gasteiger partial charge in [-0.2, -0.15) is 0 Å². The fourth-order valence-electron chi connectivity index (χ4n) is 6.31. The second-order valence-corrected chi connectivity index (χ2v) is 14.2. The van der Waals surface area contributed by atoms with Gasteiger partial charge in [0.25, 0.3) is 0 Å². The average Bonchev–Trinajstić information content (AvgIpc) is 3.48. The first-order valence-corrected chi connectivity index (χ1v) is 19.8. The third-order valence-corrected chi connectivity index (χ3v) is 8.08. The van der Waals surface area contributed by atoms with Crippen LogP contribution in [0.4, 0.5) is 0 Å². The molecular weight excluding hydrogens is 558 g/mol. The van der Waals surface area contributed by atoms with Gasteiger partial charge in [0.15, 0.2) is 0 Å². The number of aryl methyl sites for hydroxylation is 1. The van der Waals surface area contributed by atoms with Crippen LogP contribution in [0.1, 0.15) is 70.3 Å². The van der Waals surface area contributed by atoms with Crippen LogP contribution in [-0.2, 0) is 27.3 Å². The molecule has 2 fully saturated rings. The third kappa shape index (κ3) is 11.6. The van der Waals surface area contributed by atoms with Crippen molar-refractivity contribution in [1.82, 2.24) is 0 Å². The maximum absolute atomic E-state index is 4.93. The van der Waals surface area contributed by atoms with Crippen molar-refractivity contribution < 1.29 is 20.8 Å². The van der Waals surface area contributed by atoms with E-state index in [0.29, 0.717) is 0 Å². The zero-order valence-electron chi connectivity index (χ0n) is 22.8. The van der Waals surface area contributed by atoms with E-state index in [1.807, 2.05) is 0 Å². The van der Waals surface area contributed by atoms with Crippen LogP contribution < -0.4 is 0 Å². The van der Waals surface area contributed by atoms with Gasteiger partial charge in [0.2, 0.25) is 0 Å². The van der Waals surface area contributed by atoms with Crippen molar-refractivity contribution in [3.8, 4) is 0 Å². The molecule has 0 saturated heterocycles. The van der Waals surface area contributed by atoms with E-state index in [-0.39, 0.29) is 14.9 Å². The monoisotopic (exact) mass is 604 g/mol. The number of benzene rings is 1. The van der Waals surface area contributed by atoms with Crippen molar-refractivity contribution in [2.45, 2.75) is 71.1 Å². The molecule has 4 unspecified atom stereocenters. The molecule has 1 aromatic carbocycles. The van der Waals surface area contributed by atoms with Gasteiger partial charge < -0.3 is 14.9 Å². The van der Waals surface area contributed by atoms with Gasteiger partial charge in [-0.05, 0) is 79.6 Å². The summed E-state index contributed by atoms with van der Waals surface area (Å²) in [5.41, 5.74) is 1.49. The average molecular weight is 607 g/mol. The van der Waals surface area contributed by atoms with Crippen LogP contribution in [0, 0.1) is 50.4 Å². The number of rotatable bonds is 7. The van der Waals surface area contributed by atoms with Gasteiger partial charge in [-0.3, -0.25) is 0 Å². The van der Waals surface area contributed by atoms with Gasteiger partial charge in [0.05, 0.1) is 0 Å². The van der Waals surface area contributed by atoms with Crippen LogP contribution in [-0.4, -0.2) is 0 Å². The van der Waals surface area contributed by atoms with Crippen molar-refractivity contribution in [1.29, 1.82) is 0 Å². The zero-order valence-corrected chi connectivity index (χ0v) is 26.8. The van der Waals surface area contributed by atoms with E-state index in [0.717, 1.165) is 35.5 Å². The summed E-state index contributed by atoms with van der Waals surface area (Å²) in [6.45, 7) is 2.29. The Hall–Kier alpha value is -0.357. The summed E-state index contributed by atoms with van der Waals surface area (Å²) in [4.78, 5) is 0. The standard InChI is InChI=1S/C17H20.C14H22.2CH3.2ClH.Zr/c1-2-6-14(7-3-1)10-11-15-12-16-8-4-5-9-17(16)13-15;1-2-3-4-7-12-10-13-8-5-6-9-14(13)11-12;;;;;/h1-9,15-17H,10-13H2;5-6,8-9,12-14H,2-4,7,10-11H2,1H3;2*1H3;2*1H;/q;;2*-1;;;+4/p-2. The van der Waals surface area contributed by atoms with Gasteiger partial charge in [-0.1, -0.05) is 112 Å². The van der Waals surface area contributed by atoms with E-state index in [1.54, 1.807) is 0 Å². The molecule has 4 aliphatic carbocycles. The zero-order chi connectivity index (χ0) is 24.0. The van der Waals surface area contributed by atoms with Crippen LogP contribution in [0.2, 0.25) is 0 Å². The molecule has 4 aliphatic rings. The SMILES string of the molecule is C1=CC2CC(CCc3ccccc3)CC2C=C1.CCCCCC1CC2C=CC=CC2C1.[CH3-].[CH3-].[Cl][Zr+2][Cl]. The van der Waals surface area contributed by atoms with Crippen molar-refractivity contribution in [3.63, 3.8) is 0 Å². The second kappa shape index (κ2) is 19.7. The summed E-state index contributed by atoms with van der Waals surface area (Å²) in [7, 11) is 9.87. The molecular formula is C33H48Cl2Zr. The Balaban J connectivity index is 0.000000314. The molecule has 5 rings (SSSR count). The van der Waals surface area contributed by atoms with Gasteiger partial charge >= 0.3 is 37.9 Å². The van der Waals surface area contributed by atoms with Gasteiger partial charge in [0.1, 0.15) is 0 Å². The molecule has 0 bridgehead atoms. The second-order valence-electron chi connectivity index (χ2n) is 10.5. The Morgan fingerprint density at radius 3 is 1.50 bits per heavy atom. The van der Waals surface area contributed by atoms with Crippen LogP contribution >= 0.6 is 17.0 Å². The molecule has 0 aliphatic heterocycles. The number of unbranched alkanes of at least 4 members (excludes halogenated alkanes) is 2. The fourth-order valence-corrected chi connectivity index (χ4v) is 6.31. The van der Waals surface area contributed by atoms with E-state index in [2.05, 4.69) is 85.9 Å². The normalized spacial score (nSPS) is 28.2. The predicted molar refractivity (Wildman–Crippen MR) is 159 cm³/mol. The van der Waals surface area contributed by atoms with Crippen LogP contribution in [0.5, 0.6) is 0 Å². The van der Waals surface area contributed by atoms with Crippen molar-refractivity contribution >= 4 is 17.0 Å². The molecule has 4 atom stereocenters. The summed E-state index contributed by atoms with van der Waals surface area (Å²) in [5.74, 6) is 5.38. The third-order valence-electron chi connectivity index (χ3n) is 8.08. The molecule has 0 heterocycles. The van der Waals surface area contributed by atoms with Crippen molar-refractivity contribution in [3.05, 3.63) is 99.4 Å². The molecule has 1 aromatic rings. The number of hydrogen-bond acceptors (Lipinski definition) is 0. The Morgan fingerprint density at radius 1 is 0.667 bits per heavy atom. The quantitative estimate of drug-likeness (QED) is 0.214. The molecule has 36 heavy (non-hydrogen) atoms. The number of halogens is 2. The van der Waals surface area contributed by atoms with Gasteiger partial charge in [-0.15, -0.1) is 0 Å². The van der Waals surface area contributed by atoms with E-state index >= 15 is 0 Å². The molecule has 198 valence electrons. The number of allylic oxidation sites excluding steroid dienone is 8. The summed E-state index contributed by atoms with van der Waals surface area (Å²) in [6, 6.07) is 10.9. The Bertz CT molecular complexity index is 757. The number of fused-ring (bicyclic) bond motifs is 2. The molecule has 0 aromatic heterocycles. The van der Waals surface area contributed by atoms with Crippen LogP contribution in [0.25, 0.3) is 0 Å². The Labute approximate surface area is 242 Å². The minimum atomic E-state index is -0.826. The van der Waals surface area contributed by atoms with Crippen LogP contribution in [0.15, 0.2) is 78.9 Å². The Morgan fingerprint density at radius 2 is 1.08 bits per heavy atom. The predicted octanol–water partition coefficient (Wildman–Crippen LogP) is 11.0. The summed E-state index contributed by atoms with van der Waals surface area (Å²) in [6.07, 6.45) is 32.6. The molecule has 0 spiro atoms. The molecule has 0 radical (unpaired) electrons. The molecule has 0 nitrogen and oxygen atoms in total. The maximum atomic E-state index is 4.93. The molecule has 0 N–H and O–H groups in total. The van der Waals surface area contributed by atoms with E-state index in [4.69, 9.17) is 17.0 Å². The minimum absolute atomic E-state index is 0. The molecule has 0 amide bonds. The van der Waals surface area contributed by atoms with Gasteiger partial charge in [0, 0.05) is 0 Å². The first-order chi connectivity index (χ1) is 16.7. The van der Waals surface area contributed by atoms with Crippen molar-refractivity contribution in [2.75, 3.05) is 0 Å². The molecule has 2 saturated carbocycles. The van der Waals surface area contributed by atoms with Crippen molar-refractivity contribution in [2.24, 2.45) is 35.5 Å². The summed E-state index contributed by atoms with van der Waals surface area (Å²) < 4.78 is 0. The first kappa shape index (κ1) is 33.7. The number of hydrogen-bond donors (Lipinski definition) is 0. The summed E-state index contributed by atoms with van der Waals surface area (Å²) in [5, 5.41) is 0. The Kier molecular flexibility index (Phi) is 18.4. The first-order valence-electron chi connectivity index (χ1n) is 13.4. The van der Waals surface area contributed by atoms with Crippen LogP contribution in [0.3, 0.4) is 0 Å². The molecule has 3 heteroatoms.